The summed E-state index contributed by atoms with van der Waals surface area (Å²) in [5.74, 6) is 0. The van der Waals surface area contributed by atoms with Crippen LogP contribution in [-0.2, 0) is 4.74 Å². The third kappa shape index (κ3) is 2.83. The van der Waals surface area contributed by atoms with Gasteiger partial charge in [-0.25, -0.2) is 0 Å². The first-order valence-electron chi connectivity index (χ1n) is 7.35. The van der Waals surface area contributed by atoms with E-state index in [0.717, 1.165) is 25.3 Å². The molecule has 3 heteroatoms. The molecule has 2 aliphatic heterocycles. The number of nitrogens with one attached hydrogen (secondary N) is 1. The van der Waals surface area contributed by atoms with Crippen molar-refractivity contribution in [2.75, 3.05) is 26.3 Å². The molecule has 2 saturated heterocycles. The van der Waals surface area contributed by atoms with E-state index in [4.69, 9.17) is 4.74 Å². The molecule has 2 unspecified atom stereocenters. The van der Waals surface area contributed by atoms with E-state index >= 15 is 0 Å². The Morgan fingerprint density at radius 1 is 1.18 bits per heavy atom. The molecule has 2 atom stereocenters. The highest BCUT2D eigenvalue weighted by molar-refractivity contribution is 4.94. The van der Waals surface area contributed by atoms with Gasteiger partial charge in [0.25, 0.3) is 0 Å². The van der Waals surface area contributed by atoms with Crippen LogP contribution in [0, 0.1) is 0 Å². The summed E-state index contributed by atoms with van der Waals surface area (Å²) >= 11 is 0. The fourth-order valence-electron chi connectivity index (χ4n) is 3.36. The first-order valence-corrected chi connectivity index (χ1v) is 7.35. The minimum Gasteiger partial charge on any atom is -0.380 e. The highest BCUT2D eigenvalue weighted by Crippen LogP contribution is 2.30. The molecule has 1 saturated carbocycles. The molecule has 1 aliphatic carbocycles. The predicted molar refractivity (Wildman–Crippen MR) is 69.2 cm³/mol. The SMILES string of the molecule is CC1(N2CCCC(NC3CC3)C2)CCCOC1. The zero-order chi connectivity index (χ0) is 11.7. The van der Waals surface area contributed by atoms with E-state index in [1.807, 2.05) is 0 Å². The number of ether oxygens (including phenoxy) is 1. The van der Waals surface area contributed by atoms with Crippen LogP contribution in [0.15, 0.2) is 0 Å². The average Bonchev–Trinajstić information content (AvgIpc) is 3.14. The second-order valence-electron chi connectivity index (χ2n) is 6.38. The van der Waals surface area contributed by atoms with E-state index in [9.17, 15) is 0 Å². The Balaban J connectivity index is 1.57. The van der Waals surface area contributed by atoms with Crippen LogP contribution >= 0.6 is 0 Å². The monoisotopic (exact) mass is 238 g/mol. The molecule has 0 spiro atoms. The number of hydrogen-bond donors (Lipinski definition) is 1. The largest absolute Gasteiger partial charge is 0.380 e. The summed E-state index contributed by atoms with van der Waals surface area (Å²) in [7, 11) is 0. The van der Waals surface area contributed by atoms with Crippen LogP contribution < -0.4 is 5.32 Å². The molecule has 3 aliphatic rings. The summed E-state index contributed by atoms with van der Waals surface area (Å²) in [5, 5.41) is 3.80. The van der Waals surface area contributed by atoms with Crippen LogP contribution in [0.25, 0.3) is 0 Å². The van der Waals surface area contributed by atoms with Crippen molar-refractivity contribution in [2.45, 2.75) is 63.1 Å². The predicted octanol–water partition coefficient (Wildman–Crippen LogP) is 1.77. The van der Waals surface area contributed by atoms with Crippen LogP contribution in [0.4, 0.5) is 0 Å². The van der Waals surface area contributed by atoms with Gasteiger partial charge in [-0.2, -0.15) is 0 Å². The molecule has 0 aromatic carbocycles. The second kappa shape index (κ2) is 4.87. The van der Waals surface area contributed by atoms with E-state index in [1.54, 1.807) is 0 Å². The fraction of sp³-hybridized carbons (Fsp3) is 1.00. The zero-order valence-electron chi connectivity index (χ0n) is 11.1. The van der Waals surface area contributed by atoms with Gasteiger partial charge in [0.2, 0.25) is 0 Å². The molecule has 3 rings (SSSR count). The van der Waals surface area contributed by atoms with Gasteiger partial charge in [-0.1, -0.05) is 0 Å². The van der Waals surface area contributed by atoms with Gasteiger partial charge < -0.3 is 10.1 Å². The molecule has 98 valence electrons. The lowest BCUT2D eigenvalue weighted by Crippen LogP contribution is -2.58. The maximum atomic E-state index is 5.70. The minimum absolute atomic E-state index is 0.308. The molecule has 1 N–H and O–H groups in total. The van der Waals surface area contributed by atoms with E-state index in [2.05, 4.69) is 17.1 Å². The summed E-state index contributed by atoms with van der Waals surface area (Å²) in [6, 6.07) is 1.57. The van der Waals surface area contributed by atoms with Crippen molar-refractivity contribution in [3.05, 3.63) is 0 Å². The molecule has 0 bridgehead atoms. The van der Waals surface area contributed by atoms with Crippen molar-refractivity contribution in [3.63, 3.8) is 0 Å². The summed E-state index contributed by atoms with van der Waals surface area (Å²) in [4.78, 5) is 2.69. The maximum absolute atomic E-state index is 5.70. The van der Waals surface area contributed by atoms with Gasteiger partial charge in [0.05, 0.1) is 6.61 Å². The molecular weight excluding hydrogens is 212 g/mol. The Hall–Kier alpha value is -0.120. The van der Waals surface area contributed by atoms with Gasteiger partial charge in [-0.15, -0.1) is 0 Å². The van der Waals surface area contributed by atoms with Crippen molar-refractivity contribution >= 4 is 0 Å². The lowest BCUT2D eigenvalue weighted by Gasteiger charge is -2.47. The molecule has 2 heterocycles. The second-order valence-corrected chi connectivity index (χ2v) is 6.38. The molecule has 3 fully saturated rings. The smallest absolute Gasteiger partial charge is 0.0647 e. The molecule has 0 amide bonds. The molecule has 3 nitrogen and oxygen atoms in total. The van der Waals surface area contributed by atoms with E-state index in [1.165, 1.54) is 51.6 Å². The van der Waals surface area contributed by atoms with Gasteiger partial charge in [-0.05, 0) is 52.0 Å². The summed E-state index contributed by atoms with van der Waals surface area (Å²) in [5.41, 5.74) is 0.308. The van der Waals surface area contributed by atoms with Gasteiger partial charge in [-0.3, -0.25) is 4.90 Å². The Morgan fingerprint density at radius 3 is 2.76 bits per heavy atom. The highest BCUT2D eigenvalue weighted by atomic mass is 16.5. The van der Waals surface area contributed by atoms with E-state index in [0.29, 0.717) is 5.54 Å². The molecule has 0 aromatic rings. The topological polar surface area (TPSA) is 24.5 Å². The van der Waals surface area contributed by atoms with Crippen molar-refractivity contribution in [1.29, 1.82) is 0 Å². The van der Waals surface area contributed by atoms with Crippen LogP contribution in [0.1, 0.15) is 45.4 Å². The lowest BCUT2D eigenvalue weighted by molar-refractivity contribution is -0.0511. The standard InChI is InChI=1S/C14H26N2O/c1-14(7-3-9-17-11-14)16-8-2-4-13(10-16)15-12-5-6-12/h12-13,15H,2-11H2,1H3. The van der Waals surface area contributed by atoms with Crippen LogP contribution in [0.3, 0.4) is 0 Å². The molecule has 0 aromatic heterocycles. The zero-order valence-corrected chi connectivity index (χ0v) is 11.1. The fourth-order valence-corrected chi connectivity index (χ4v) is 3.36. The van der Waals surface area contributed by atoms with Gasteiger partial charge in [0, 0.05) is 30.8 Å². The number of nitrogens with zero attached hydrogens (tertiary/aromatic N) is 1. The third-order valence-electron chi connectivity index (χ3n) is 4.65. The van der Waals surface area contributed by atoms with Crippen molar-refractivity contribution in [1.82, 2.24) is 10.2 Å². The maximum Gasteiger partial charge on any atom is 0.0647 e. The average molecular weight is 238 g/mol. The molecule has 0 radical (unpaired) electrons. The Bertz CT molecular complexity index is 259. The van der Waals surface area contributed by atoms with Crippen molar-refractivity contribution in [3.8, 4) is 0 Å². The number of rotatable bonds is 3. The molecular formula is C14H26N2O. The Morgan fingerprint density at radius 2 is 2.06 bits per heavy atom. The van der Waals surface area contributed by atoms with Crippen LogP contribution in [0.2, 0.25) is 0 Å². The van der Waals surface area contributed by atoms with Crippen molar-refractivity contribution in [2.24, 2.45) is 0 Å². The van der Waals surface area contributed by atoms with Crippen LogP contribution in [0.5, 0.6) is 0 Å². The number of hydrogen-bond acceptors (Lipinski definition) is 3. The van der Waals surface area contributed by atoms with Crippen LogP contribution in [-0.4, -0.2) is 48.8 Å². The number of piperidine rings is 1. The molecule has 17 heavy (non-hydrogen) atoms. The minimum atomic E-state index is 0.308. The highest BCUT2D eigenvalue weighted by Gasteiger charge is 2.37. The van der Waals surface area contributed by atoms with Crippen molar-refractivity contribution < 1.29 is 4.74 Å². The summed E-state index contributed by atoms with van der Waals surface area (Å²) < 4.78 is 5.70. The van der Waals surface area contributed by atoms with Gasteiger partial charge >= 0.3 is 0 Å². The quantitative estimate of drug-likeness (QED) is 0.811. The normalized spacial score (nSPS) is 40.4. The third-order valence-corrected chi connectivity index (χ3v) is 4.65. The first kappa shape index (κ1) is 11.9. The Labute approximate surface area is 105 Å². The van der Waals surface area contributed by atoms with E-state index in [-0.39, 0.29) is 0 Å². The number of likely N-dealkylation sites (tertiary alicyclic amines) is 1. The van der Waals surface area contributed by atoms with Gasteiger partial charge in [0.1, 0.15) is 0 Å². The van der Waals surface area contributed by atoms with Gasteiger partial charge in [0.15, 0.2) is 0 Å². The Kier molecular flexibility index (Phi) is 3.42. The summed E-state index contributed by atoms with van der Waals surface area (Å²) in [6.45, 7) is 6.79. The van der Waals surface area contributed by atoms with E-state index < -0.39 is 0 Å². The summed E-state index contributed by atoms with van der Waals surface area (Å²) in [6.07, 6.45) is 8.05. The lowest BCUT2D eigenvalue weighted by atomic mass is 9.89. The first-order chi connectivity index (χ1) is 8.26.